The third kappa shape index (κ3) is 4.42. The third-order valence-electron chi connectivity index (χ3n) is 8.78. The van der Waals surface area contributed by atoms with Gasteiger partial charge in [-0.15, -0.1) is 0 Å². The number of benzene rings is 6. The minimum atomic E-state index is 0.00573. The van der Waals surface area contributed by atoms with Gasteiger partial charge in [0.25, 0.3) is 0 Å². The Morgan fingerprint density at radius 1 is 0.511 bits per heavy atom. The molecule has 1 atom stereocenters. The summed E-state index contributed by atoms with van der Waals surface area (Å²) in [5.41, 5.74) is 7.59. The lowest BCUT2D eigenvalue weighted by atomic mass is 9.85. The third-order valence-corrected chi connectivity index (χ3v) is 8.78. The van der Waals surface area contributed by atoms with Crippen LogP contribution in [0, 0.1) is 0 Å². The fourth-order valence-electron chi connectivity index (χ4n) is 6.64. The van der Waals surface area contributed by atoms with Crippen LogP contribution >= 0.6 is 0 Å². The SMILES string of the molecule is C1=CC(c2cc(-c3nc(-c4ccccc4)nc(-c4ccc5ccccc5c4)n3)cc3ccccc23)=C2c3ccccc3OC2C1. The van der Waals surface area contributed by atoms with E-state index in [1.807, 2.05) is 36.4 Å². The summed E-state index contributed by atoms with van der Waals surface area (Å²) in [6.45, 7) is 0. The molecule has 0 bridgehead atoms. The topological polar surface area (TPSA) is 47.9 Å². The predicted octanol–water partition coefficient (Wildman–Crippen LogP) is 9.81. The van der Waals surface area contributed by atoms with Crippen molar-refractivity contribution in [2.24, 2.45) is 0 Å². The fourth-order valence-corrected chi connectivity index (χ4v) is 6.64. The Labute approximate surface area is 261 Å². The second-order valence-electron chi connectivity index (χ2n) is 11.5. The van der Waals surface area contributed by atoms with Gasteiger partial charge >= 0.3 is 0 Å². The summed E-state index contributed by atoms with van der Waals surface area (Å²) >= 11 is 0. The first-order chi connectivity index (χ1) is 22.3. The highest BCUT2D eigenvalue weighted by molar-refractivity contribution is 6.08. The Kier molecular flexibility index (Phi) is 5.91. The minimum absolute atomic E-state index is 0.00573. The molecule has 45 heavy (non-hydrogen) atoms. The van der Waals surface area contributed by atoms with Crippen LogP contribution in [0.5, 0.6) is 5.75 Å². The lowest BCUT2D eigenvalue weighted by Gasteiger charge is -2.20. The average molecular weight is 578 g/mol. The average Bonchev–Trinajstić information content (AvgIpc) is 3.50. The van der Waals surface area contributed by atoms with Gasteiger partial charge in [-0.3, -0.25) is 0 Å². The summed E-state index contributed by atoms with van der Waals surface area (Å²) < 4.78 is 6.41. The molecule has 0 spiro atoms. The Bertz CT molecular complexity index is 2340. The molecule has 0 N–H and O–H groups in total. The molecule has 1 unspecified atom stereocenters. The molecule has 6 aromatic carbocycles. The zero-order chi connectivity index (χ0) is 29.7. The van der Waals surface area contributed by atoms with Gasteiger partial charge in [-0.05, 0) is 56.9 Å². The maximum absolute atomic E-state index is 6.41. The number of hydrogen-bond donors (Lipinski definition) is 0. The molecular formula is C41H27N3O. The van der Waals surface area contributed by atoms with E-state index in [1.165, 1.54) is 27.5 Å². The van der Waals surface area contributed by atoms with Crippen molar-refractivity contribution in [1.29, 1.82) is 0 Å². The van der Waals surface area contributed by atoms with E-state index in [2.05, 4.69) is 109 Å². The summed E-state index contributed by atoms with van der Waals surface area (Å²) in [6.07, 6.45) is 5.34. The zero-order valence-electron chi connectivity index (χ0n) is 24.4. The van der Waals surface area contributed by atoms with Crippen molar-refractivity contribution in [3.8, 4) is 39.9 Å². The molecule has 212 valence electrons. The van der Waals surface area contributed by atoms with E-state index in [0.29, 0.717) is 17.5 Å². The molecule has 0 saturated heterocycles. The maximum Gasteiger partial charge on any atom is 0.164 e. The van der Waals surface area contributed by atoms with Crippen LogP contribution in [0.15, 0.2) is 146 Å². The number of hydrogen-bond acceptors (Lipinski definition) is 4. The van der Waals surface area contributed by atoms with E-state index in [4.69, 9.17) is 19.7 Å². The molecule has 2 aliphatic rings. The number of fused-ring (bicyclic) bond motifs is 5. The molecule has 7 aromatic rings. The van der Waals surface area contributed by atoms with Gasteiger partial charge in [-0.25, -0.2) is 15.0 Å². The molecule has 9 rings (SSSR count). The van der Waals surface area contributed by atoms with E-state index >= 15 is 0 Å². The van der Waals surface area contributed by atoms with Gasteiger partial charge in [-0.1, -0.05) is 121 Å². The Hall–Kier alpha value is -5.87. The largest absolute Gasteiger partial charge is 0.485 e. The fraction of sp³-hybridized carbons (Fsp3) is 0.0488. The molecule has 2 heterocycles. The number of aromatic nitrogens is 3. The number of para-hydroxylation sites is 1. The van der Waals surface area contributed by atoms with Crippen LogP contribution in [0.25, 0.3) is 66.9 Å². The van der Waals surface area contributed by atoms with Crippen molar-refractivity contribution < 1.29 is 4.74 Å². The van der Waals surface area contributed by atoms with Crippen LogP contribution in [0.1, 0.15) is 17.5 Å². The molecule has 1 aliphatic carbocycles. The van der Waals surface area contributed by atoms with Crippen LogP contribution in [-0.4, -0.2) is 21.1 Å². The lowest BCUT2D eigenvalue weighted by molar-refractivity contribution is 0.279. The van der Waals surface area contributed by atoms with Crippen molar-refractivity contribution in [1.82, 2.24) is 15.0 Å². The first-order valence-corrected chi connectivity index (χ1v) is 15.3. The Morgan fingerprint density at radius 2 is 1.18 bits per heavy atom. The summed E-state index contributed by atoms with van der Waals surface area (Å²) in [6, 6.07) is 46.3. The van der Waals surface area contributed by atoms with Gasteiger partial charge in [0.2, 0.25) is 0 Å². The Morgan fingerprint density at radius 3 is 2.04 bits per heavy atom. The van der Waals surface area contributed by atoms with Crippen molar-refractivity contribution in [3.63, 3.8) is 0 Å². The molecule has 4 nitrogen and oxygen atoms in total. The van der Waals surface area contributed by atoms with Crippen LogP contribution in [0.3, 0.4) is 0 Å². The summed E-state index contributed by atoms with van der Waals surface area (Å²) in [4.78, 5) is 15.2. The number of ether oxygens (including phenoxy) is 1. The maximum atomic E-state index is 6.41. The molecule has 0 saturated carbocycles. The van der Waals surface area contributed by atoms with Gasteiger partial charge in [-0.2, -0.15) is 0 Å². The number of rotatable bonds is 4. The van der Waals surface area contributed by atoms with E-state index in [-0.39, 0.29) is 6.10 Å². The quantitative estimate of drug-likeness (QED) is 0.209. The molecule has 0 fully saturated rings. The molecule has 1 aliphatic heterocycles. The smallest absolute Gasteiger partial charge is 0.164 e. The van der Waals surface area contributed by atoms with Crippen molar-refractivity contribution in [3.05, 3.63) is 157 Å². The highest BCUT2D eigenvalue weighted by Crippen LogP contribution is 2.47. The van der Waals surface area contributed by atoms with Crippen molar-refractivity contribution >= 4 is 32.7 Å². The Balaban J connectivity index is 1.28. The van der Waals surface area contributed by atoms with E-state index < -0.39 is 0 Å². The first kappa shape index (κ1) is 25.6. The monoisotopic (exact) mass is 577 g/mol. The van der Waals surface area contributed by atoms with E-state index in [1.54, 1.807) is 0 Å². The summed E-state index contributed by atoms with van der Waals surface area (Å²) in [5, 5.41) is 4.65. The van der Waals surface area contributed by atoms with E-state index in [9.17, 15) is 0 Å². The van der Waals surface area contributed by atoms with Gasteiger partial charge in [0.15, 0.2) is 17.5 Å². The number of allylic oxidation sites excluding steroid dienone is 2. The van der Waals surface area contributed by atoms with Gasteiger partial charge < -0.3 is 4.74 Å². The standard InChI is InChI=1S/C41H27N3O/c1-2-12-27(13-3-1)39-42-40(30-22-21-26-11-4-5-14-28(26)23-30)44-41(43-39)31-24-29-15-6-7-16-32(29)35(25-31)33-18-10-20-37-38(33)34-17-8-9-19-36(34)45-37/h1-19,21-25,37H,20H2. The van der Waals surface area contributed by atoms with Crippen LogP contribution < -0.4 is 4.74 Å². The van der Waals surface area contributed by atoms with E-state index in [0.717, 1.165) is 45.2 Å². The highest BCUT2D eigenvalue weighted by atomic mass is 16.5. The van der Waals surface area contributed by atoms with Crippen molar-refractivity contribution in [2.45, 2.75) is 12.5 Å². The minimum Gasteiger partial charge on any atom is -0.485 e. The van der Waals surface area contributed by atoms with Crippen LogP contribution in [-0.2, 0) is 0 Å². The van der Waals surface area contributed by atoms with Crippen LogP contribution in [0.2, 0.25) is 0 Å². The van der Waals surface area contributed by atoms with Gasteiger partial charge in [0.05, 0.1) is 0 Å². The lowest BCUT2D eigenvalue weighted by Crippen LogP contribution is -2.14. The molecule has 4 heteroatoms. The van der Waals surface area contributed by atoms with Gasteiger partial charge in [0.1, 0.15) is 11.9 Å². The van der Waals surface area contributed by atoms with Crippen LogP contribution in [0.4, 0.5) is 0 Å². The normalized spacial score (nSPS) is 15.2. The summed E-state index contributed by atoms with van der Waals surface area (Å²) in [7, 11) is 0. The molecular weight excluding hydrogens is 550 g/mol. The first-order valence-electron chi connectivity index (χ1n) is 15.3. The predicted molar refractivity (Wildman–Crippen MR) is 183 cm³/mol. The second-order valence-corrected chi connectivity index (χ2v) is 11.5. The zero-order valence-corrected chi connectivity index (χ0v) is 24.4. The number of nitrogens with zero attached hydrogens (tertiary/aromatic N) is 3. The molecule has 0 radical (unpaired) electrons. The van der Waals surface area contributed by atoms with Crippen molar-refractivity contribution in [2.75, 3.05) is 0 Å². The molecule has 0 amide bonds. The highest BCUT2D eigenvalue weighted by Gasteiger charge is 2.32. The second kappa shape index (κ2) is 10.4. The molecule has 1 aromatic heterocycles. The van der Waals surface area contributed by atoms with Gasteiger partial charge in [0, 0.05) is 34.2 Å². The summed E-state index contributed by atoms with van der Waals surface area (Å²) in [5.74, 6) is 2.89.